The molecule has 30 heavy (non-hydrogen) atoms. The largest absolute Gasteiger partial charge is 0.375 e. The van der Waals surface area contributed by atoms with E-state index in [1.54, 1.807) is 6.07 Å². The van der Waals surface area contributed by atoms with Crippen molar-refractivity contribution in [3.8, 4) is 0 Å². The molecule has 9 heteroatoms. The fourth-order valence-electron chi connectivity index (χ4n) is 3.26. The van der Waals surface area contributed by atoms with Crippen molar-refractivity contribution in [3.63, 3.8) is 0 Å². The number of pyridine rings is 1. The Morgan fingerprint density at radius 1 is 1.20 bits per heavy atom. The zero-order valence-corrected chi connectivity index (χ0v) is 17.2. The molecule has 4 N–H and O–H groups in total. The molecule has 1 aromatic heterocycles. The number of aromatic nitrogens is 1. The first kappa shape index (κ1) is 21.8. The summed E-state index contributed by atoms with van der Waals surface area (Å²) in [6, 6.07) is 12.9. The average Bonchev–Trinajstić information content (AvgIpc) is 2.69. The van der Waals surface area contributed by atoms with Crippen LogP contribution in [0, 0.1) is 6.92 Å². The van der Waals surface area contributed by atoms with Gasteiger partial charge in [0.15, 0.2) is 0 Å². The lowest BCUT2D eigenvalue weighted by Gasteiger charge is -2.17. The van der Waals surface area contributed by atoms with Crippen molar-refractivity contribution in [1.82, 2.24) is 10.3 Å². The molecule has 8 nitrogen and oxygen atoms in total. The van der Waals surface area contributed by atoms with Crippen molar-refractivity contribution < 1.29 is 22.5 Å². The number of ether oxygens (including phenoxy) is 1. The van der Waals surface area contributed by atoms with Gasteiger partial charge in [-0.15, -0.1) is 0 Å². The highest BCUT2D eigenvalue weighted by atomic mass is 32.2. The number of aryl methyl sites for hydroxylation is 1. The van der Waals surface area contributed by atoms with E-state index in [-0.39, 0.29) is 16.0 Å². The van der Waals surface area contributed by atoms with E-state index in [0.717, 1.165) is 11.1 Å². The minimum Gasteiger partial charge on any atom is -0.375 e. The summed E-state index contributed by atoms with van der Waals surface area (Å²) in [4.78, 5) is 16.0. The second-order valence-electron chi connectivity index (χ2n) is 6.85. The average molecular weight is 429 g/mol. The van der Waals surface area contributed by atoms with Crippen molar-refractivity contribution >= 4 is 26.8 Å². The fourth-order valence-corrected chi connectivity index (χ4v) is 3.96. The van der Waals surface area contributed by atoms with Crippen molar-refractivity contribution in [2.24, 2.45) is 5.73 Å². The van der Waals surface area contributed by atoms with Crippen molar-refractivity contribution in [3.05, 3.63) is 71.5 Å². The molecule has 2 aromatic carbocycles. The molecule has 0 radical (unpaired) electrons. The predicted molar refractivity (Wildman–Crippen MR) is 112 cm³/mol. The van der Waals surface area contributed by atoms with Crippen LogP contribution in [0.3, 0.4) is 0 Å². The number of hydrogen-bond donors (Lipinski definition) is 3. The number of nitrogens with zero attached hydrogens (tertiary/aromatic N) is 1. The summed E-state index contributed by atoms with van der Waals surface area (Å²) < 4.78 is 38.4. The third-order valence-electron chi connectivity index (χ3n) is 4.58. The standard InChI is InChI=1S/C21H23N3O5S/c1-14-4-2-5-15(12-14)13-29-11-10-24-20(21(22)25)19-17-6-3-7-18(30(26,27)28)16(17)8-9-23-19/h2-9,12,20,24H,10-11,13H2,1H3,(H2,22,25)(H,26,27,28). The lowest BCUT2D eigenvalue weighted by atomic mass is 10.0. The molecule has 3 rings (SSSR count). The molecule has 0 aliphatic carbocycles. The summed E-state index contributed by atoms with van der Waals surface area (Å²) in [7, 11) is -4.43. The van der Waals surface area contributed by atoms with Gasteiger partial charge in [-0.25, -0.2) is 0 Å². The van der Waals surface area contributed by atoms with Gasteiger partial charge in [0.2, 0.25) is 5.91 Å². The lowest BCUT2D eigenvalue weighted by molar-refractivity contribution is -0.120. The Labute approximate surface area is 174 Å². The number of fused-ring (bicyclic) bond motifs is 1. The summed E-state index contributed by atoms with van der Waals surface area (Å²) in [5, 5.41) is 3.67. The lowest BCUT2D eigenvalue weighted by Crippen LogP contribution is -2.36. The Bertz CT molecular complexity index is 1160. The van der Waals surface area contributed by atoms with E-state index >= 15 is 0 Å². The highest BCUT2D eigenvalue weighted by Crippen LogP contribution is 2.27. The third kappa shape index (κ3) is 5.19. The van der Waals surface area contributed by atoms with E-state index in [1.807, 2.05) is 31.2 Å². The van der Waals surface area contributed by atoms with E-state index in [4.69, 9.17) is 10.5 Å². The molecule has 1 amide bonds. The van der Waals surface area contributed by atoms with Crippen molar-refractivity contribution in [2.75, 3.05) is 13.2 Å². The number of nitrogens with two attached hydrogens (primary N) is 1. The summed E-state index contributed by atoms with van der Waals surface area (Å²) in [5.41, 5.74) is 8.04. The molecule has 1 atom stereocenters. The minimum absolute atomic E-state index is 0.256. The number of amides is 1. The molecular weight excluding hydrogens is 406 g/mol. The van der Waals surface area contributed by atoms with Crippen LogP contribution in [-0.2, 0) is 26.3 Å². The second-order valence-corrected chi connectivity index (χ2v) is 8.24. The molecule has 0 fully saturated rings. The second kappa shape index (κ2) is 9.31. The van der Waals surface area contributed by atoms with E-state index in [0.29, 0.717) is 25.1 Å². The van der Waals surface area contributed by atoms with Crippen molar-refractivity contribution in [1.29, 1.82) is 0 Å². The molecule has 0 spiro atoms. The summed E-state index contributed by atoms with van der Waals surface area (Å²) in [6.45, 7) is 3.11. The number of carbonyl (C=O) groups excluding carboxylic acids is 1. The summed E-state index contributed by atoms with van der Waals surface area (Å²) >= 11 is 0. The number of nitrogens with one attached hydrogen (secondary N) is 1. The van der Waals surface area contributed by atoms with E-state index in [9.17, 15) is 17.8 Å². The Balaban J connectivity index is 1.73. The predicted octanol–water partition coefficient (Wildman–Crippen LogP) is 2.12. The number of carbonyl (C=O) groups is 1. The molecule has 1 unspecified atom stereocenters. The topological polar surface area (TPSA) is 132 Å². The quantitative estimate of drug-likeness (QED) is 0.351. The Morgan fingerprint density at radius 3 is 2.67 bits per heavy atom. The van der Waals surface area contributed by atoms with Gasteiger partial charge >= 0.3 is 0 Å². The van der Waals surface area contributed by atoms with Crippen LogP contribution in [0.5, 0.6) is 0 Å². The maximum absolute atomic E-state index is 12.1. The van der Waals surface area contributed by atoms with Crippen LogP contribution in [0.1, 0.15) is 22.9 Å². The summed E-state index contributed by atoms with van der Waals surface area (Å²) in [5.74, 6) is -0.661. The van der Waals surface area contributed by atoms with Gasteiger partial charge in [-0.05, 0) is 24.6 Å². The molecule has 0 aliphatic heterocycles. The maximum atomic E-state index is 12.1. The van der Waals surface area contributed by atoms with Gasteiger partial charge in [0, 0.05) is 23.5 Å². The van der Waals surface area contributed by atoms with Crippen LogP contribution < -0.4 is 11.1 Å². The van der Waals surface area contributed by atoms with Crippen LogP contribution in [0.25, 0.3) is 10.8 Å². The van der Waals surface area contributed by atoms with Crippen LogP contribution in [0.15, 0.2) is 59.6 Å². The van der Waals surface area contributed by atoms with Gasteiger partial charge in [0.1, 0.15) is 10.9 Å². The maximum Gasteiger partial charge on any atom is 0.295 e. The van der Waals surface area contributed by atoms with Gasteiger partial charge < -0.3 is 10.5 Å². The normalized spacial score (nSPS) is 12.7. The minimum atomic E-state index is -4.43. The smallest absolute Gasteiger partial charge is 0.295 e. The Hall–Kier alpha value is -2.85. The van der Waals surface area contributed by atoms with Gasteiger partial charge in [-0.3, -0.25) is 19.6 Å². The SMILES string of the molecule is Cc1cccc(COCCNC(C(N)=O)c2nccc3c(S(=O)(=O)O)cccc23)c1. The number of primary amides is 1. The van der Waals surface area contributed by atoms with Gasteiger partial charge in [-0.1, -0.05) is 42.0 Å². The first-order valence-corrected chi connectivity index (χ1v) is 10.7. The highest BCUT2D eigenvalue weighted by molar-refractivity contribution is 7.86. The fraction of sp³-hybridized carbons (Fsp3) is 0.238. The van der Waals surface area contributed by atoms with Gasteiger partial charge in [0.25, 0.3) is 10.1 Å². The molecular formula is C21H23N3O5S. The molecule has 158 valence electrons. The Kier molecular flexibility index (Phi) is 6.78. The van der Waals surface area contributed by atoms with Crippen molar-refractivity contribution in [2.45, 2.75) is 24.5 Å². The summed E-state index contributed by atoms with van der Waals surface area (Å²) in [6.07, 6.45) is 1.37. The van der Waals surface area contributed by atoms with E-state index in [2.05, 4.69) is 10.3 Å². The number of benzene rings is 2. The molecule has 0 aliphatic rings. The zero-order valence-electron chi connectivity index (χ0n) is 16.4. The van der Waals surface area contributed by atoms with E-state index < -0.39 is 22.1 Å². The monoisotopic (exact) mass is 429 g/mol. The molecule has 0 bridgehead atoms. The van der Waals surface area contributed by atoms with Crippen LogP contribution >= 0.6 is 0 Å². The first-order chi connectivity index (χ1) is 14.3. The zero-order chi connectivity index (χ0) is 21.7. The molecule has 3 aromatic rings. The molecule has 0 saturated heterocycles. The molecule has 1 heterocycles. The van der Waals surface area contributed by atoms with E-state index in [1.165, 1.54) is 24.4 Å². The van der Waals surface area contributed by atoms with Crippen LogP contribution in [-0.4, -0.2) is 37.0 Å². The van der Waals surface area contributed by atoms with Crippen LogP contribution in [0.4, 0.5) is 0 Å². The highest BCUT2D eigenvalue weighted by Gasteiger charge is 2.23. The van der Waals surface area contributed by atoms with Crippen LogP contribution in [0.2, 0.25) is 0 Å². The van der Waals surface area contributed by atoms with Gasteiger partial charge in [-0.2, -0.15) is 8.42 Å². The third-order valence-corrected chi connectivity index (χ3v) is 5.49. The molecule has 0 saturated carbocycles. The number of hydrogen-bond acceptors (Lipinski definition) is 6. The first-order valence-electron chi connectivity index (χ1n) is 9.28. The number of rotatable bonds is 9. The van der Waals surface area contributed by atoms with Gasteiger partial charge in [0.05, 0.1) is 18.9 Å². The Morgan fingerprint density at radius 2 is 1.97 bits per heavy atom.